The number of hydrogen-bond donors (Lipinski definition) is 12. The van der Waals surface area contributed by atoms with Gasteiger partial charge < -0.3 is 123 Å². The highest BCUT2D eigenvalue weighted by atomic mass is 16.7. The molecule has 7 heterocycles. The molecule has 14 unspecified atom stereocenters. The largest absolute Gasteiger partial charge is 0.481 e. The van der Waals surface area contributed by atoms with E-state index in [2.05, 4.69) is 107 Å². The molecule has 3 fully saturated rings. The number of para-hydroxylation sites is 1. The van der Waals surface area contributed by atoms with E-state index in [1.54, 1.807) is 0 Å². The Morgan fingerprint density at radius 1 is 0.619 bits per heavy atom. The number of benzene rings is 2. The number of ether oxygens (including phenoxy) is 12. The number of carboxylic acid groups (broad SMARTS) is 1. The zero-order chi connectivity index (χ0) is 103. The molecule has 19 atom stereocenters. The van der Waals surface area contributed by atoms with Gasteiger partial charge in [0.25, 0.3) is 11.8 Å². The van der Waals surface area contributed by atoms with E-state index < -0.39 is 136 Å². The quantitative estimate of drug-likeness (QED) is 0.00897. The lowest BCUT2D eigenvalue weighted by atomic mass is 9.47. The van der Waals surface area contributed by atoms with Crippen LogP contribution in [0.2, 0.25) is 0 Å². The van der Waals surface area contributed by atoms with Gasteiger partial charge in [-0.1, -0.05) is 78.0 Å². The van der Waals surface area contributed by atoms with Crippen LogP contribution in [0.4, 0.5) is 5.69 Å². The van der Waals surface area contributed by atoms with Gasteiger partial charge in [0, 0.05) is 176 Å². The summed E-state index contributed by atoms with van der Waals surface area (Å²) in [5.41, 5.74) is 2.93. The number of methoxy groups -OCH3 is 4. The molecule has 12 N–H and O–H groups in total. The summed E-state index contributed by atoms with van der Waals surface area (Å²) in [5, 5.41) is 98.2. The van der Waals surface area contributed by atoms with Gasteiger partial charge in [-0.05, 0) is 164 Å². The number of Topliss-reactive ketones (excluding diaryl/α,β-unsaturated/α-hetero) is 1. The molecule has 1 spiro atoms. The molecule has 40 nitrogen and oxygen atoms in total. The first-order valence-corrected chi connectivity index (χ1v) is 48.4. The predicted molar refractivity (Wildman–Crippen MR) is 503 cm³/mol. The number of aromatic nitrogens is 1. The number of carboxylic acids is 1. The summed E-state index contributed by atoms with van der Waals surface area (Å²) in [7, 11) is 7.66. The third kappa shape index (κ3) is 32.0. The van der Waals surface area contributed by atoms with Crippen molar-refractivity contribution in [2.24, 2.45) is 11.3 Å². The molecule has 2 aromatic carbocycles. The van der Waals surface area contributed by atoms with Crippen LogP contribution < -0.4 is 15.5 Å². The number of aliphatic hydroxyl groups is 8. The van der Waals surface area contributed by atoms with Crippen LogP contribution in [0.3, 0.4) is 0 Å². The molecule has 1 aromatic heterocycles. The minimum Gasteiger partial charge on any atom is -0.481 e. The van der Waals surface area contributed by atoms with E-state index in [4.69, 9.17) is 92.0 Å². The lowest BCUT2D eigenvalue weighted by Gasteiger charge is -2.63. The molecule has 0 radical (unpaired) electrons. The van der Waals surface area contributed by atoms with Crippen molar-refractivity contribution in [1.29, 1.82) is 0 Å². The smallest absolute Gasteiger partial charge is 0.373 e. The highest BCUT2D eigenvalue weighted by molar-refractivity contribution is 6.13. The molecule has 40 heteroatoms. The Hall–Kier alpha value is -8.98. The van der Waals surface area contributed by atoms with Crippen LogP contribution in [0.15, 0.2) is 60.7 Å². The average molecular weight is 1970 g/mol. The number of carbonyl (C=O) groups excluding carboxylic acids is 11. The number of carbonyl (C=O) groups is 10. The average Bonchev–Trinajstić information content (AvgIpc) is 1.48. The number of aliphatic carboxylic acids is 1. The van der Waals surface area contributed by atoms with Crippen LogP contribution >= 0.6 is 0 Å². The van der Waals surface area contributed by atoms with E-state index in [-0.39, 0.29) is 173 Å². The Labute approximate surface area is 814 Å². The van der Waals surface area contributed by atoms with Crippen molar-refractivity contribution >= 4 is 82.0 Å². The number of H-pyrrole nitrogens is 1. The van der Waals surface area contributed by atoms with Crippen LogP contribution in [0, 0.1) is 18.3 Å². The van der Waals surface area contributed by atoms with Crippen LogP contribution in [-0.4, -0.2) is 357 Å². The number of hydrogen-bond acceptors (Lipinski definition) is 35. The lowest BCUT2D eigenvalue weighted by Crippen LogP contribution is -2.80. The summed E-state index contributed by atoms with van der Waals surface area (Å²) >= 11 is 0. The molecule has 7 aliphatic rings. The van der Waals surface area contributed by atoms with Crippen LogP contribution in [0.5, 0.6) is 0 Å². The fraction of sp³-hybridized carbons (Fsp3) is 0.707. The molecule has 2 saturated heterocycles. The molecule has 1 aliphatic carbocycles. The van der Waals surface area contributed by atoms with Gasteiger partial charge >= 0.3 is 36.0 Å². The lowest BCUT2D eigenvalue weighted by molar-refractivity contribution is -0.202. The number of unbranched alkanes of at least 4 members (excludes halogenated alkanes) is 1. The molecular formula is C99H153N7O33. The van der Waals surface area contributed by atoms with Crippen molar-refractivity contribution in [1.82, 2.24) is 30.3 Å². The second-order valence-corrected chi connectivity index (χ2v) is 36.3. The molecule has 782 valence electrons. The number of piperidine rings is 1. The van der Waals surface area contributed by atoms with Gasteiger partial charge in [0.15, 0.2) is 36.5 Å². The Kier molecular flexibility index (Phi) is 50.0. The second kappa shape index (κ2) is 58.6. The maximum Gasteiger partial charge on any atom is 0.373 e. The minimum absolute atomic E-state index is 0.0183. The number of aryl methyl sites for hydroxylation is 1. The molecular weight excluding hydrogens is 1820 g/mol. The summed E-state index contributed by atoms with van der Waals surface area (Å²) in [6.45, 7) is 20.8. The van der Waals surface area contributed by atoms with E-state index in [0.717, 1.165) is 66.1 Å². The maximum atomic E-state index is 15.2. The number of likely N-dealkylation sites (N-methyl/N-ethyl adjacent to an activating group) is 1. The first-order valence-electron chi connectivity index (χ1n) is 48.4. The number of aromatic amines is 1. The second-order valence-electron chi connectivity index (χ2n) is 36.3. The number of fused-ring (bicyclic) bond motifs is 6. The van der Waals surface area contributed by atoms with E-state index in [9.17, 15) is 63.6 Å². The Balaban J connectivity index is 0.000000392. The molecule has 2 bridgehead atoms. The fourth-order valence-electron chi connectivity index (χ4n) is 19.9. The number of anilines is 1. The topological polar surface area (TPSA) is 550 Å². The number of nitrogens with zero attached hydrogens (tertiary/aromatic N) is 4. The number of nitrogens with one attached hydrogen (secondary N) is 3. The molecule has 1 saturated carbocycles. The van der Waals surface area contributed by atoms with Crippen LogP contribution in [0.25, 0.3) is 10.9 Å². The molecule has 10 rings (SSSR count). The first kappa shape index (κ1) is 119. The van der Waals surface area contributed by atoms with Gasteiger partial charge in [0.05, 0.1) is 75.7 Å². The van der Waals surface area contributed by atoms with Gasteiger partial charge in [-0.2, -0.15) is 9.59 Å². The van der Waals surface area contributed by atoms with E-state index >= 15 is 4.79 Å². The number of esters is 4. The highest BCUT2D eigenvalue weighted by Crippen LogP contribution is 2.67. The maximum absolute atomic E-state index is 15.2. The fourth-order valence-corrected chi connectivity index (χ4v) is 19.9. The van der Waals surface area contributed by atoms with Crippen molar-refractivity contribution in [3.8, 4) is 0 Å². The summed E-state index contributed by atoms with van der Waals surface area (Å²) < 4.78 is 62.1. The van der Waals surface area contributed by atoms with Gasteiger partial charge in [0.1, 0.15) is 32.0 Å². The zero-order valence-electron chi connectivity index (χ0n) is 83.3. The van der Waals surface area contributed by atoms with Crippen LogP contribution in [0.1, 0.15) is 218 Å². The Bertz CT molecular complexity index is 4460. The van der Waals surface area contributed by atoms with Crippen molar-refractivity contribution < 1.29 is 160 Å². The van der Waals surface area contributed by atoms with Gasteiger partial charge in [-0.3, -0.25) is 57.9 Å². The summed E-state index contributed by atoms with van der Waals surface area (Å²) in [4.78, 5) is 149. The first-order chi connectivity index (χ1) is 66.4. The third-order valence-corrected chi connectivity index (χ3v) is 27.2. The Morgan fingerprint density at radius 3 is 1.63 bits per heavy atom. The van der Waals surface area contributed by atoms with E-state index in [1.807, 2.05) is 34.7 Å². The summed E-state index contributed by atoms with van der Waals surface area (Å²) in [6, 6.07) is 11.4. The number of rotatable bonds is 53. The molecule has 3 aromatic rings. The normalized spacial score (nSPS) is 24.4. The van der Waals surface area contributed by atoms with Crippen molar-refractivity contribution in [3.05, 3.63) is 88.7 Å². The SMILES string of the molecule is CCC(CO)OC(CO)OC.CCC(CO)OC(COC(=O)CCCC(=O)NC(C)C(=O)OCCCCC(=O)[C@]1(O)C2N(C)c3cc(C)c([C@@]4(C)C[C@@H]5CN(CCc6c4[nH]c4ccccc64)CC(O)(CC)C5)cc3C23CCN2CC=C[C@](CC)(C23)[C@H]1O)OC.CCC(CO)OC(COC(=O)CCCC(=O)NCCN1C(=O)C=CC1=O)OC.CCC(CO)OC(COC(=O)CCCC(=O)O)OC.O=C=O. The summed E-state index contributed by atoms with van der Waals surface area (Å²) in [5.74, 6) is -4.85. The van der Waals surface area contributed by atoms with E-state index in [0.29, 0.717) is 70.9 Å². The van der Waals surface area contributed by atoms with Crippen LogP contribution in [-0.2, 0) is 132 Å². The third-order valence-electron chi connectivity index (χ3n) is 27.2. The number of ketones is 1. The molecule has 6 aliphatic heterocycles. The zero-order valence-corrected chi connectivity index (χ0v) is 83.3. The molecule has 4 amide bonds. The highest BCUT2D eigenvalue weighted by Gasteiger charge is 2.78. The number of amides is 4. The number of imide groups is 1. The predicted octanol–water partition coefficient (Wildman–Crippen LogP) is 4.86. The van der Waals surface area contributed by atoms with Crippen molar-refractivity contribution in [2.75, 3.05) is 146 Å². The molecule has 139 heavy (non-hydrogen) atoms. The standard InChI is InChI=1S/C61H87N5O12.C18H28N2O8.C12H22O7.C7H16O4.CO2/c1-9-41(35-67)78-51(75-8)36-77-50(70)22-16-21-49(69)62-39(5)53(71)76-29-15-14-20-48(68)61(74)55-60(25-28-66-26-17-24-59(11-3,54(60)66)56(61)72)45-31-44(38(4)30-47(45)64(55)7)57(6)32-40-33-58(73,10-2)37-65(34-40)27-23-43-42-18-12-13-19-46(42)63-52(43)57;1-3-13(11-21)28-18(26-2)12-27-17(25)6-4-5-14(22)19-9-10-20-15(23)7-8-16(20)24;1-3-9(7-13)19-12(17-2)8-18-11(16)6-4-5-10(14)15;1-3-6(4-8)11-7(5-9)10-2;2-1-3/h12-13,17-19,24,30-31,39-41,51,54-56,63,67,72-74H,9-11,14-16,20-23,25-29,32-37H2,1-8H3,(H,62,69);7-8,13,18,21H,3-6,9-12H2,1-2H3,(H,19,22);9,12-13H,3-8H2,1-2H3,(H,14,15);6-9H,3-5H2,1-2H3;/t39?,40-,41?,51?,54?,55?,56+,57+,58?,59+,60?,61-;;;;/m0..../s1. The van der Waals surface area contributed by atoms with Gasteiger partial charge in [0.2, 0.25) is 11.8 Å². The Morgan fingerprint density at radius 2 is 1.14 bits per heavy atom. The van der Waals surface area contributed by atoms with Crippen molar-refractivity contribution in [3.63, 3.8) is 0 Å². The minimum atomic E-state index is -2.17. The van der Waals surface area contributed by atoms with Gasteiger partial charge in [-0.15, -0.1) is 0 Å². The van der Waals surface area contributed by atoms with Crippen molar-refractivity contribution in [2.45, 2.75) is 299 Å². The summed E-state index contributed by atoms with van der Waals surface area (Å²) in [6.07, 6.45) is 9.09. The van der Waals surface area contributed by atoms with E-state index in [1.165, 1.54) is 69.7 Å². The monoisotopic (exact) mass is 1970 g/mol. The van der Waals surface area contributed by atoms with Gasteiger partial charge in [-0.25, -0.2) is 4.79 Å². The number of aliphatic hydroxyl groups excluding tert-OH is 6.